The average Bonchev–Trinajstić information content (AvgIpc) is 2.60. The van der Waals surface area contributed by atoms with Crippen LogP contribution in [0.5, 0.6) is 5.75 Å². The van der Waals surface area contributed by atoms with Crippen LogP contribution in [0, 0.1) is 0 Å². The van der Waals surface area contributed by atoms with Crippen molar-refractivity contribution in [3.8, 4) is 5.75 Å². The molecular formula is C22H13BrO. The van der Waals surface area contributed by atoms with Crippen molar-refractivity contribution in [3.05, 3.63) is 77.3 Å². The first-order chi connectivity index (χ1) is 11.7. The lowest BCUT2D eigenvalue weighted by molar-refractivity contribution is 0.476. The monoisotopic (exact) mass is 372 g/mol. The third kappa shape index (κ3) is 1.93. The van der Waals surface area contributed by atoms with Crippen LogP contribution in [0.2, 0.25) is 0 Å². The lowest BCUT2D eigenvalue weighted by Crippen LogP contribution is -1.84. The first kappa shape index (κ1) is 13.8. The second kappa shape index (κ2) is 4.96. The largest absolute Gasteiger partial charge is 0.508 e. The van der Waals surface area contributed by atoms with Gasteiger partial charge in [0, 0.05) is 4.47 Å². The van der Waals surface area contributed by atoms with Crippen LogP contribution < -0.4 is 0 Å². The first-order valence-electron chi connectivity index (χ1n) is 7.87. The maximum absolute atomic E-state index is 10.0. The van der Waals surface area contributed by atoms with Gasteiger partial charge in [0.1, 0.15) is 5.75 Å². The highest BCUT2D eigenvalue weighted by molar-refractivity contribution is 9.10. The Morgan fingerprint density at radius 1 is 0.542 bits per heavy atom. The van der Waals surface area contributed by atoms with E-state index in [9.17, 15) is 5.11 Å². The smallest absolute Gasteiger partial charge is 0.116 e. The lowest BCUT2D eigenvalue weighted by atomic mass is 9.93. The van der Waals surface area contributed by atoms with Crippen LogP contribution in [0.25, 0.3) is 43.1 Å². The van der Waals surface area contributed by atoms with Gasteiger partial charge in [0.15, 0.2) is 0 Å². The van der Waals surface area contributed by atoms with Crippen molar-refractivity contribution in [2.24, 2.45) is 0 Å². The number of aromatic hydroxyl groups is 1. The van der Waals surface area contributed by atoms with Gasteiger partial charge < -0.3 is 5.11 Å². The molecule has 0 amide bonds. The summed E-state index contributed by atoms with van der Waals surface area (Å²) in [4.78, 5) is 0. The predicted octanol–water partition coefficient (Wildman–Crippen LogP) is 6.77. The Morgan fingerprint density at radius 2 is 1.00 bits per heavy atom. The maximum atomic E-state index is 10.0. The molecule has 0 aliphatic carbocycles. The van der Waals surface area contributed by atoms with Crippen LogP contribution in [0.15, 0.2) is 77.3 Å². The molecule has 0 unspecified atom stereocenters. The van der Waals surface area contributed by atoms with Gasteiger partial charge in [-0.25, -0.2) is 0 Å². The van der Waals surface area contributed by atoms with Crippen LogP contribution in [-0.4, -0.2) is 5.11 Å². The fourth-order valence-corrected chi connectivity index (χ4v) is 4.01. The number of fused-ring (bicyclic) bond motifs is 7. The highest BCUT2D eigenvalue weighted by atomic mass is 79.9. The second-order valence-electron chi connectivity index (χ2n) is 6.16. The molecular weight excluding hydrogens is 360 g/mol. The molecule has 0 aliphatic rings. The van der Waals surface area contributed by atoms with Crippen molar-refractivity contribution in [2.75, 3.05) is 0 Å². The van der Waals surface area contributed by atoms with Gasteiger partial charge in [-0.1, -0.05) is 64.5 Å². The standard InChI is InChI=1S/C22H13BrO/c23-17-9-7-13-1-3-15-5-6-16-4-2-14-8-10-18(24)12-20(14)22(16)21(15)19(13)11-17/h1-12,24H. The van der Waals surface area contributed by atoms with Crippen molar-refractivity contribution in [2.45, 2.75) is 0 Å². The second-order valence-corrected chi connectivity index (χ2v) is 7.08. The zero-order valence-electron chi connectivity index (χ0n) is 12.8. The molecule has 5 rings (SSSR count). The van der Waals surface area contributed by atoms with E-state index in [0.717, 1.165) is 15.2 Å². The topological polar surface area (TPSA) is 20.2 Å². The highest BCUT2D eigenvalue weighted by Crippen LogP contribution is 2.38. The van der Waals surface area contributed by atoms with Crippen molar-refractivity contribution in [3.63, 3.8) is 0 Å². The minimum atomic E-state index is 0.299. The molecule has 1 nitrogen and oxygen atoms in total. The zero-order valence-corrected chi connectivity index (χ0v) is 14.3. The van der Waals surface area contributed by atoms with E-state index < -0.39 is 0 Å². The molecule has 1 N–H and O–H groups in total. The summed E-state index contributed by atoms with van der Waals surface area (Å²) in [6.07, 6.45) is 0. The minimum absolute atomic E-state index is 0.299. The molecule has 24 heavy (non-hydrogen) atoms. The molecule has 0 saturated carbocycles. The van der Waals surface area contributed by atoms with E-state index in [1.165, 1.54) is 32.3 Å². The van der Waals surface area contributed by atoms with E-state index in [0.29, 0.717) is 5.75 Å². The molecule has 0 aromatic heterocycles. The molecule has 5 aromatic rings. The molecule has 0 heterocycles. The van der Waals surface area contributed by atoms with Gasteiger partial charge >= 0.3 is 0 Å². The maximum Gasteiger partial charge on any atom is 0.116 e. The molecule has 0 spiro atoms. The minimum Gasteiger partial charge on any atom is -0.508 e. The van der Waals surface area contributed by atoms with E-state index in [2.05, 4.69) is 70.5 Å². The number of rotatable bonds is 0. The van der Waals surface area contributed by atoms with Crippen molar-refractivity contribution >= 4 is 59.0 Å². The number of phenolic OH excluding ortho intramolecular Hbond substituents is 1. The van der Waals surface area contributed by atoms with Gasteiger partial charge in [-0.3, -0.25) is 0 Å². The molecule has 0 bridgehead atoms. The third-order valence-corrected chi connectivity index (χ3v) is 5.24. The van der Waals surface area contributed by atoms with Crippen LogP contribution in [0.1, 0.15) is 0 Å². The molecule has 0 fully saturated rings. The Kier molecular flexibility index (Phi) is 2.85. The van der Waals surface area contributed by atoms with Gasteiger partial charge in [0.2, 0.25) is 0 Å². The summed E-state index contributed by atoms with van der Waals surface area (Å²) in [5.74, 6) is 0.299. The van der Waals surface area contributed by atoms with E-state index >= 15 is 0 Å². The van der Waals surface area contributed by atoms with Crippen LogP contribution in [-0.2, 0) is 0 Å². The number of hydrogen-bond donors (Lipinski definition) is 1. The van der Waals surface area contributed by atoms with Crippen LogP contribution >= 0.6 is 15.9 Å². The average molecular weight is 373 g/mol. The summed E-state index contributed by atoms with van der Waals surface area (Å²) in [6, 6.07) is 24.9. The molecule has 0 saturated heterocycles. The van der Waals surface area contributed by atoms with Crippen LogP contribution in [0.4, 0.5) is 0 Å². The Labute approximate surface area is 147 Å². The number of hydrogen-bond acceptors (Lipinski definition) is 1. The zero-order chi connectivity index (χ0) is 16.3. The molecule has 114 valence electrons. The van der Waals surface area contributed by atoms with Crippen LogP contribution in [0.3, 0.4) is 0 Å². The van der Waals surface area contributed by atoms with E-state index in [-0.39, 0.29) is 0 Å². The third-order valence-electron chi connectivity index (χ3n) is 4.75. The number of phenols is 1. The van der Waals surface area contributed by atoms with Gasteiger partial charge in [-0.05, 0) is 67.4 Å². The van der Waals surface area contributed by atoms with Crippen molar-refractivity contribution in [1.82, 2.24) is 0 Å². The Morgan fingerprint density at radius 3 is 1.62 bits per heavy atom. The summed E-state index contributed by atoms with van der Waals surface area (Å²) >= 11 is 3.60. The van der Waals surface area contributed by atoms with Crippen molar-refractivity contribution in [1.29, 1.82) is 0 Å². The van der Waals surface area contributed by atoms with Crippen molar-refractivity contribution < 1.29 is 5.11 Å². The fraction of sp³-hybridized carbons (Fsp3) is 0. The quantitative estimate of drug-likeness (QED) is 0.297. The van der Waals surface area contributed by atoms with E-state index in [1.54, 1.807) is 6.07 Å². The Balaban J connectivity index is 2.16. The predicted molar refractivity (Wildman–Crippen MR) is 106 cm³/mol. The Hall–Kier alpha value is -2.58. The summed E-state index contributed by atoms with van der Waals surface area (Å²) in [5, 5.41) is 19.5. The van der Waals surface area contributed by atoms with E-state index in [4.69, 9.17) is 0 Å². The highest BCUT2D eigenvalue weighted by Gasteiger charge is 2.09. The molecule has 5 aromatic carbocycles. The number of benzene rings is 5. The molecule has 0 aliphatic heterocycles. The summed E-state index contributed by atoms with van der Waals surface area (Å²) < 4.78 is 1.07. The van der Waals surface area contributed by atoms with Gasteiger partial charge in [-0.15, -0.1) is 0 Å². The lowest BCUT2D eigenvalue weighted by Gasteiger charge is -2.11. The summed E-state index contributed by atoms with van der Waals surface area (Å²) in [6.45, 7) is 0. The summed E-state index contributed by atoms with van der Waals surface area (Å²) in [5.41, 5.74) is 0. The molecule has 0 atom stereocenters. The van der Waals surface area contributed by atoms with Gasteiger partial charge in [-0.2, -0.15) is 0 Å². The first-order valence-corrected chi connectivity index (χ1v) is 8.66. The molecule has 0 radical (unpaired) electrons. The Bertz CT molecular complexity index is 1160. The van der Waals surface area contributed by atoms with Gasteiger partial charge in [0.05, 0.1) is 0 Å². The normalized spacial score (nSPS) is 11.7. The summed E-state index contributed by atoms with van der Waals surface area (Å²) in [7, 11) is 0. The molecule has 2 heteroatoms. The van der Waals surface area contributed by atoms with Gasteiger partial charge in [0.25, 0.3) is 0 Å². The fourth-order valence-electron chi connectivity index (χ4n) is 3.65. The SMILES string of the molecule is Oc1ccc2ccc3ccc4ccc5ccc(Br)cc5c4c3c2c1. The van der Waals surface area contributed by atoms with E-state index in [1.807, 2.05) is 12.1 Å². The number of halogens is 1.